The number of fused-ring (bicyclic) bond motifs is 1. The number of carboxylic acids is 1. The van der Waals surface area contributed by atoms with Crippen molar-refractivity contribution in [2.45, 2.75) is 38.8 Å². The van der Waals surface area contributed by atoms with E-state index in [0.29, 0.717) is 19.5 Å². The van der Waals surface area contributed by atoms with Crippen LogP contribution in [0.1, 0.15) is 30.9 Å². The maximum absolute atomic E-state index is 12.2. The van der Waals surface area contributed by atoms with Gasteiger partial charge in [-0.3, -0.25) is 14.9 Å². The van der Waals surface area contributed by atoms with Gasteiger partial charge in [-0.15, -0.1) is 12.4 Å². The first-order chi connectivity index (χ1) is 10.1. The molecule has 22 heavy (non-hydrogen) atoms. The molecule has 0 saturated carbocycles. The molecule has 0 aliphatic carbocycles. The van der Waals surface area contributed by atoms with Gasteiger partial charge in [0, 0.05) is 13.1 Å². The van der Waals surface area contributed by atoms with Crippen LogP contribution in [0.2, 0.25) is 0 Å². The van der Waals surface area contributed by atoms with Gasteiger partial charge in [0.2, 0.25) is 5.91 Å². The van der Waals surface area contributed by atoms with E-state index in [1.165, 1.54) is 11.1 Å². The lowest BCUT2D eigenvalue weighted by molar-refractivity contribution is -0.140. The van der Waals surface area contributed by atoms with Gasteiger partial charge in [0.15, 0.2) is 0 Å². The molecule has 122 valence electrons. The van der Waals surface area contributed by atoms with Crippen LogP contribution in [0.15, 0.2) is 24.3 Å². The number of carboxylic acid groups (broad SMARTS) is 1. The van der Waals surface area contributed by atoms with Crippen molar-refractivity contribution < 1.29 is 14.7 Å². The summed E-state index contributed by atoms with van der Waals surface area (Å²) in [6.45, 7) is 3.32. The van der Waals surface area contributed by atoms with Crippen LogP contribution in [0, 0.1) is 0 Å². The molecule has 0 fully saturated rings. The average molecular weight is 327 g/mol. The second kappa shape index (κ2) is 8.76. The summed E-state index contributed by atoms with van der Waals surface area (Å²) in [5.41, 5.74) is 2.48. The molecule has 0 spiro atoms. The molecule has 0 bridgehead atoms. The maximum atomic E-state index is 12.2. The van der Waals surface area contributed by atoms with Gasteiger partial charge in [-0.2, -0.15) is 0 Å². The highest BCUT2D eigenvalue weighted by molar-refractivity contribution is 5.85. The molecule has 2 N–H and O–H groups in total. The Balaban J connectivity index is 0.00000242. The van der Waals surface area contributed by atoms with Crippen molar-refractivity contribution in [2.75, 3.05) is 13.1 Å². The molecule has 1 heterocycles. The number of carbonyl (C=O) groups excluding carboxylic acids is 1. The van der Waals surface area contributed by atoms with Crippen LogP contribution in [0.3, 0.4) is 0 Å². The minimum atomic E-state index is -0.895. The van der Waals surface area contributed by atoms with Crippen LogP contribution in [0.25, 0.3) is 0 Å². The monoisotopic (exact) mass is 326 g/mol. The number of hydrogen-bond acceptors (Lipinski definition) is 3. The van der Waals surface area contributed by atoms with Gasteiger partial charge in [-0.05, 0) is 24.0 Å². The second-order valence-corrected chi connectivity index (χ2v) is 5.39. The number of rotatable bonds is 6. The molecule has 5 nitrogen and oxygen atoms in total. The van der Waals surface area contributed by atoms with E-state index in [1.54, 1.807) is 4.90 Å². The van der Waals surface area contributed by atoms with Crippen molar-refractivity contribution in [3.05, 3.63) is 35.4 Å². The van der Waals surface area contributed by atoms with E-state index in [2.05, 4.69) is 11.4 Å². The highest BCUT2D eigenvalue weighted by Gasteiger charge is 2.22. The quantitative estimate of drug-likeness (QED) is 0.837. The number of hydrogen-bond donors (Lipinski definition) is 2. The van der Waals surface area contributed by atoms with Crippen molar-refractivity contribution in [3.8, 4) is 0 Å². The summed E-state index contributed by atoms with van der Waals surface area (Å²) < 4.78 is 0. The molecule has 6 heteroatoms. The predicted molar refractivity (Wildman–Crippen MR) is 87.1 cm³/mol. The summed E-state index contributed by atoms with van der Waals surface area (Å²) in [6, 6.07) is 7.49. The van der Waals surface area contributed by atoms with E-state index in [1.807, 2.05) is 25.1 Å². The third-order valence-electron chi connectivity index (χ3n) is 3.86. The van der Waals surface area contributed by atoms with Crippen molar-refractivity contribution >= 4 is 24.3 Å². The lowest BCUT2D eigenvalue weighted by Crippen LogP contribution is -2.45. The zero-order chi connectivity index (χ0) is 15.2. The number of benzene rings is 1. The zero-order valence-electron chi connectivity index (χ0n) is 12.7. The first kappa shape index (κ1) is 18.5. The normalized spacial score (nSPS) is 14.7. The van der Waals surface area contributed by atoms with E-state index in [-0.39, 0.29) is 24.9 Å². The molecule has 1 aromatic carbocycles. The van der Waals surface area contributed by atoms with Crippen molar-refractivity contribution in [1.29, 1.82) is 0 Å². The summed E-state index contributed by atoms with van der Waals surface area (Å²) >= 11 is 0. The SMILES string of the molecule is CCCC(NCC(=O)N1CCc2ccccc2C1)C(=O)O.Cl. The van der Waals surface area contributed by atoms with E-state index >= 15 is 0 Å². The highest BCUT2D eigenvalue weighted by atomic mass is 35.5. The average Bonchev–Trinajstić information content (AvgIpc) is 2.50. The second-order valence-electron chi connectivity index (χ2n) is 5.39. The molecule has 1 unspecified atom stereocenters. The Morgan fingerprint density at radius 1 is 1.32 bits per heavy atom. The molecule has 1 aromatic rings. The minimum Gasteiger partial charge on any atom is -0.480 e. The fourth-order valence-electron chi connectivity index (χ4n) is 2.63. The van der Waals surface area contributed by atoms with Crippen LogP contribution in [-0.4, -0.2) is 41.0 Å². The Bertz CT molecular complexity index is 522. The van der Waals surface area contributed by atoms with Gasteiger partial charge in [-0.1, -0.05) is 37.6 Å². The number of amides is 1. The Morgan fingerprint density at radius 3 is 2.64 bits per heavy atom. The van der Waals surface area contributed by atoms with Crippen LogP contribution in [0.4, 0.5) is 0 Å². The first-order valence-electron chi connectivity index (χ1n) is 7.42. The first-order valence-corrected chi connectivity index (χ1v) is 7.42. The lowest BCUT2D eigenvalue weighted by Gasteiger charge is -2.29. The molecule has 1 aliphatic heterocycles. The molecular weight excluding hydrogens is 304 g/mol. The number of aliphatic carboxylic acids is 1. The fourth-order valence-corrected chi connectivity index (χ4v) is 2.63. The molecule has 1 amide bonds. The number of halogens is 1. The molecule has 2 rings (SSSR count). The van der Waals surface area contributed by atoms with Gasteiger partial charge >= 0.3 is 5.97 Å². The van der Waals surface area contributed by atoms with Crippen LogP contribution in [-0.2, 0) is 22.6 Å². The summed E-state index contributed by atoms with van der Waals surface area (Å²) in [5, 5.41) is 11.9. The van der Waals surface area contributed by atoms with E-state index < -0.39 is 12.0 Å². The predicted octanol–water partition coefficient (Wildman–Crippen LogP) is 1.84. The Kier molecular flexibility index (Phi) is 7.35. The van der Waals surface area contributed by atoms with Gasteiger partial charge in [0.25, 0.3) is 0 Å². The topological polar surface area (TPSA) is 69.6 Å². The van der Waals surface area contributed by atoms with Gasteiger partial charge in [0.05, 0.1) is 6.54 Å². The zero-order valence-corrected chi connectivity index (χ0v) is 13.6. The van der Waals surface area contributed by atoms with Gasteiger partial charge < -0.3 is 10.0 Å². The standard InChI is InChI=1S/C16H22N2O3.ClH/c1-2-5-14(16(20)21)17-10-15(19)18-9-8-12-6-3-4-7-13(12)11-18;/h3-4,6-7,14,17H,2,5,8-11H2,1H3,(H,20,21);1H. The van der Waals surface area contributed by atoms with Crippen LogP contribution < -0.4 is 5.32 Å². The summed E-state index contributed by atoms with van der Waals surface area (Å²) in [5.74, 6) is -0.930. The molecule has 1 aliphatic rings. The minimum absolute atomic E-state index is 0. The van der Waals surface area contributed by atoms with Crippen molar-refractivity contribution in [2.24, 2.45) is 0 Å². The summed E-state index contributed by atoms with van der Waals surface area (Å²) in [7, 11) is 0. The van der Waals surface area contributed by atoms with E-state index in [9.17, 15) is 9.59 Å². The molecule has 0 radical (unpaired) electrons. The Hall–Kier alpha value is -1.59. The third kappa shape index (κ3) is 4.71. The number of nitrogens with one attached hydrogen (secondary N) is 1. The molecule has 1 atom stereocenters. The largest absolute Gasteiger partial charge is 0.480 e. The number of nitrogens with zero attached hydrogens (tertiary/aromatic N) is 1. The van der Waals surface area contributed by atoms with Crippen LogP contribution in [0.5, 0.6) is 0 Å². The third-order valence-corrected chi connectivity index (χ3v) is 3.86. The fraction of sp³-hybridized carbons (Fsp3) is 0.500. The van der Waals surface area contributed by atoms with Crippen molar-refractivity contribution in [1.82, 2.24) is 10.2 Å². The van der Waals surface area contributed by atoms with Crippen molar-refractivity contribution in [3.63, 3.8) is 0 Å². The summed E-state index contributed by atoms with van der Waals surface area (Å²) in [6.07, 6.45) is 2.17. The van der Waals surface area contributed by atoms with Gasteiger partial charge in [-0.25, -0.2) is 0 Å². The van der Waals surface area contributed by atoms with E-state index in [0.717, 1.165) is 12.8 Å². The Labute approximate surface area is 137 Å². The van der Waals surface area contributed by atoms with Gasteiger partial charge in [0.1, 0.15) is 6.04 Å². The maximum Gasteiger partial charge on any atom is 0.320 e. The molecular formula is C16H23ClN2O3. The van der Waals surface area contributed by atoms with Crippen LogP contribution >= 0.6 is 12.4 Å². The lowest BCUT2D eigenvalue weighted by atomic mass is 10.00. The van der Waals surface area contributed by atoms with E-state index in [4.69, 9.17) is 5.11 Å². The molecule has 0 saturated heterocycles. The highest BCUT2D eigenvalue weighted by Crippen LogP contribution is 2.18. The number of carbonyl (C=O) groups is 2. The summed E-state index contributed by atoms with van der Waals surface area (Å²) in [4.78, 5) is 25.1. The smallest absolute Gasteiger partial charge is 0.320 e. The Morgan fingerprint density at radius 2 is 2.00 bits per heavy atom. The molecule has 0 aromatic heterocycles.